The summed E-state index contributed by atoms with van der Waals surface area (Å²) in [5.41, 5.74) is -1.14. The van der Waals surface area contributed by atoms with Crippen molar-refractivity contribution in [3.63, 3.8) is 0 Å². The minimum absolute atomic E-state index is 0.0516. The Balaban J connectivity index is 1.84. The molecule has 2 aromatic carbocycles. The van der Waals surface area contributed by atoms with Crippen molar-refractivity contribution in [3.05, 3.63) is 59.2 Å². The summed E-state index contributed by atoms with van der Waals surface area (Å²) < 4.78 is 39.7. The number of nitrogens with zero attached hydrogens (tertiary/aromatic N) is 2. The summed E-state index contributed by atoms with van der Waals surface area (Å²) in [5.74, 6) is -0.685. The van der Waals surface area contributed by atoms with Crippen molar-refractivity contribution in [1.29, 1.82) is 0 Å². The average molecular weight is 471 g/mol. The van der Waals surface area contributed by atoms with Gasteiger partial charge in [-0.3, -0.25) is 4.90 Å². The van der Waals surface area contributed by atoms with Gasteiger partial charge >= 0.3 is 12.1 Å². The van der Waals surface area contributed by atoms with Crippen LogP contribution >= 0.6 is 0 Å². The highest BCUT2D eigenvalue weighted by atomic mass is 32.2. The maximum absolute atomic E-state index is 13.8. The van der Waals surface area contributed by atoms with Gasteiger partial charge < -0.3 is 9.47 Å². The highest BCUT2D eigenvalue weighted by Gasteiger charge is 2.85. The Kier molecular flexibility index (Phi) is 4.22. The smallest absolute Gasteiger partial charge is 0.416 e. The van der Waals surface area contributed by atoms with Gasteiger partial charge in [-0.15, -0.1) is 0 Å². The van der Waals surface area contributed by atoms with Crippen LogP contribution < -0.4 is 4.90 Å². The normalized spacial score (nSPS) is 28.8. The molecule has 2 aromatic rings. The van der Waals surface area contributed by atoms with E-state index in [2.05, 4.69) is 0 Å². The van der Waals surface area contributed by atoms with E-state index in [0.29, 0.717) is 16.8 Å². The molecule has 0 aliphatic carbocycles. The van der Waals surface area contributed by atoms with Gasteiger partial charge in [-0.2, -0.15) is 4.31 Å². The van der Waals surface area contributed by atoms with E-state index >= 15 is 0 Å². The van der Waals surface area contributed by atoms with E-state index in [0.717, 1.165) is 9.87 Å². The quantitative estimate of drug-likeness (QED) is 0.593. The van der Waals surface area contributed by atoms with Gasteiger partial charge in [0, 0.05) is 5.56 Å². The van der Waals surface area contributed by atoms with Crippen LogP contribution in [0.15, 0.2) is 47.4 Å². The lowest BCUT2D eigenvalue weighted by atomic mass is 9.56. The number of rotatable bonds is 1. The van der Waals surface area contributed by atoms with Crippen LogP contribution in [0.1, 0.15) is 44.4 Å². The summed E-state index contributed by atoms with van der Waals surface area (Å²) in [6.07, 6.45) is -1.66. The lowest BCUT2D eigenvalue weighted by Crippen LogP contribution is -2.82. The zero-order valence-electron chi connectivity index (χ0n) is 19.4. The van der Waals surface area contributed by atoms with Gasteiger partial charge in [0.2, 0.25) is 10.0 Å². The van der Waals surface area contributed by atoms with E-state index < -0.39 is 44.8 Å². The fraction of sp³-hybridized carbons (Fsp3) is 0.417. The summed E-state index contributed by atoms with van der Waals surface area (Å²) in [5, 5.41) is 0. The van der Waals surface area contributed by atoms with Crippen molar-refractivity contribution in [2.45, 2.75) is 62.2 Å². The summed E-state index contributed by atoms with van der Waals surface area (Å²) >= 11 is 0. The number of ether oxygens (including phenoxy) is 2. The summed E-state index contributed by atoms with van der Waals surface area (Å²) in [6, 6.07) is 12.1. The first-order valence-electron chi connectivity index (χ1n) is 10.7. The molecule has 3 heterocycles. The highest BCUT2D eigenvalue weighted by molar-refractivity contribution is 7.89. The molecule has 0 aromatic heterocycles. The topological polar surface area (TPSA) is 93.2 Å². The molecule has 1 amide bonds. The summed E-state index contributed by atoms with van der Waals surface area (Å²) in [7, 11) is -2.87. The Hall–Kier alpha value is -2.91. The molecule has 0 radical (unpaired) electrons. The molecule has 33 heavy (non-hydrogen) atoms. The number of hydrogen-bond donors (Lipinski definition) is 0. The number of carbonyl (C=O) groups excluding carboxylic acids is 2. The lowest BCUT2D eigenvalue weighted by Gasteiger charge is -2.62. The largest absolute Gasteiger partial charge is 0.467 e. The molecule has 0 spiro atoms. The van der Waals surface area contributed by atoms with E-state index in [1.807, 2.05) is 26.0 Å². The van der Waals surface area contributed by atoms with E-state index in [1.54, 1.807) is 45.0 Å². The molecule has 174 valence electrons. The lowest BCUT2D eigenvalue weighted by molar-refractivity contribution is -0.178. The van der Waals surface area contributed by atoms with Gasteiger partial charge in [0.15, 0.2) is 5.54 Å². The second kappa shape index (κ2) is 6.36. The van der Waals surface area contributed by atoms with Crippen molar-refractivity contribution in [1.82, 2.24) is 4.31 Å². The molecular formula is C24H26N2O6S. The molecule has 2 unspecified atom stereocenters. The molecule has 0 bridgehead atoms. The van der Waals surface area contributed by atoms with Crippen LogP contribution in [0, 0.1) is 6.92 Å². The van der Waals surface area contributed by atoms with Gasteiger partial charge in [0.1, 0.15) is 11.8 Å². The molecule has 9 heteroatoms. The first kappa shape index (κ1) is 21.9. The fourth-order valence-corrected chi connectivity index (χ4v) is 7.98. The second-order valence-electron chi connectivity index (χ2n) is 9.95. The summed E-state index contributed by atoms with van der Waals surface area (Å²) in [6.45, 7) is 8.90. The van der Waals surface area contributed by atoms with Gasteiger partial charge in [-0.25, -0.2) is 18.0 Å². The Labute approximate surface area is 193 Å². The number of esters is 1. The number of sulfonamides is 1. The molecule has 8 nitrogen and oxygen atoms in total. The fourth-order valence-electron chi connectivity index (χ4n) is 5.76. The highest BCUT2D eigenvalue weighted by Crippen LogP contribution is 2.71. The van der Waals surface area contributed by atoms with Crippen molar-refractivity contribution >= 4 is 27.8 Å². The molecule has 1 fully saturated rings. The van der Waals surface area contributed by atoms with Crippen LogP contribution in [0.4, 0.5) is 10.5 Å². The number of amides is 1. The van der Waals surface area contributed by atoms with Crippen LogP contribution in [-0.2, 0) is 35.2 Å². The SMILES string of the molecule is COC(=O)[C@]12c3cc(C)ccc3S(=O)(=O)N1C1N(C(=O)OC(C)(C)C)c3ccccc3C12C. The number of fused-ring (bicyclic) bond motifs is 8. The third-order valence-electron chi connectivity index (χ3n) is 6.92. The van der Waals surface area contributed by atoms with Crippen molar-refractivity contribution < 1.29 is 27.5 Å². The molecule has 3 aliphatic rings. The molecule has 1 saturated heterocycles. The van der Waals surface area contributed by atoms with Crippen molar-refractivity contribution in [2.75, 3.05) is 12.0 Å². The monoisotopic (exact) mass is 470 g/mol. The zero-order valence-corrected chi connectivity index (χ0v) is 20.2. The van der Waals surface area contributed by atoms with Gasteiger partial charge in [0.25, 0.3) is 0 Å². The Morgan fingerprint density at radius 1 is 1.06 bits per heavy atom. The van der Waals surface area contributed by atoms with Gasteiger partial charge in [-0.05, 0) is 52.3 Å². The molecule has 3 aliphatic heterocycles. The third kappa shape index (κ3) is 2.36. The summed E-state index contributed by atoms with van der Waals surface area (Å²) in [4.78, 5) is 28.4. The molecule has 3 atom stereocenters. The number of carbonyl (C=O) groups is 2. The number of methoxy groups -OCH3 is 1. The molecule has 5 rings (SSSR count). The number of aryl methyl sites for hydroxylation is 1. The minimum atomic E-state index is -4.11. The first-order chi connectivity index (χ1) is 15.3. The minimum Gasteiger partial charge on any atom is -0.467 e. The van der Waals surface area contributed by atoms with Crippen molar-refractivity contribution in [3.8, 4) is 0 Å². The number of para-hydroxylation sites is 1. The Morgan fingerprint density at radius 3 is 2.36 bits per heavy atom. The second-order valence-corrected chi connectivity index (χ2v) is 11.7. The molecular weight excluding hydrogens is 444 g/mol. The molecule has 0 saturated carbocycles. The van der Waals surface area contributed by atoms with Crippen molar-refractivity contribution in [2.24, 2.45) is 0 Å². The van der Waals surface area contributed by atoms with Crippen LogP contribution in [0.25, 0.3) is 0 Å². The van der Waals surface area contributed by atoms with E-state index in [1.165, 1.54) is 18.1 Å². The van der Waals surface area contributed by atoms with E-state index in [-0.39, 0.29) is 4.90 Å². The number of benzene rings is 2. The third-order valence-corrected chi connectivity index (χ3v) is 8.82. The first-order valence-corrected chi connectivity index (χ1v) is 12.1. The van der Waals surface area contributed by atoms with Gasteiger partial charge in [0.05, 0.1) is 23.1 Å². The van der Waals surface area contributed by atoms with Crippen LogP contribution in [0.2, 0.25) is 0 Å². The maximum atomic E-state index is 13.8. The zero-order chi connectivity index (χ0) is 24.1. The maximum Gasteiger partial charge on any atom is 0.416 e. The predicted molar refractivity (Wildman–Crippen MR) is 120 cm³/mol. The van der Waals surface area contributed by atoms with Crippen LogP contribution in [-0.4, -0.2) is 43.7 Å². The molecule has 0 N–H and O–H groups in total. The number of hydrogen-bond acceptors (Lipinski definition) is 6. The Morgan fingerprint density at radius 2 is 1.73 bits per heavy atom. The van der Waals surface area contributed by atoms with E-state index in [4.69, 9.17) is 9.47 Å². The van der Waals surface area contributed by atoms with Crippen LogP contribution in [0.3, 0.4) is 0 Å². The Bertz CT molecular complexity index is 1330. The van der Waals surface area contributed by atoms with E-state index in [9.17, 15) is 18.0 Å². The average Bonchev–Trinajstić information content (AvgIpc) is 3.04. The predicted octanol–water partition coefficient (Wildman–Crippen LogP) is 3.42. The van der Waals surface area contributed by atoms with Crippen LogP contribution in [0.5, 0.6) is 0 Å². The van der Waals surface area contributed by atoms with Gasteiger partial charge in [-0.1, -0.05) is 35.9 Å². The number of anilines is 1. The standard InChI is InChI=1S/C24H26N2O6S/c1-14-11-12-18-16(13-14)24(20(27)31-6)23(5)15-9-7-8-10-17(15)25(21(28)32-22(2,3)4)19(23)26(24)33(18,29)30/h7-13,19H,1-6H3/t19?,23?,24-/m0/s1.